The number of pyridine rings is 1. The Balaban J connectivity index is 1.94. The number of hydrogen-bond acceptors (Lipinski definition) is 2. The van der Waals surface area contributed by atoms with E-state index in [0.29, 0.717) is 0 Å². The van der Waals surface area contributed by atoms with Crippen molar-refractivity contribution in [3.8, 4) is 0 Å². The minimum absolute atomic E-state index is 0.775. The van der Waals surface area contributed by atoms with Gasteiger partial charge in [-0.05, 0) is 49.0 Å². The average Bonchev–Trinajstić information content (AvgIpc) is 2.73. The first-order valence-corrected chi connectivity index (χ1v) is 6.74. The predicted molar refractivity (Wildman–Crippen MR) is 79.8 cm³/mol. The van der Waals surface area contributed by atoms with Crippen molar-refractivity contribution >= 4 is 23.3 Å². The first-order chi connectivity index (χ1) is 9.24. The van der Waals surface area contributed by atoms with Crippen LogP contribution in [-0.4, -0.2) is 14.5 Å². The first-order valence-electron chi connectivity index (χ1n) is 6.33. The lowest BCUT2D eigenvalue weighted by Crippen LogP contribution is -2.02. The number of fused-ring (bicyclic) bond motifs is 1. The van der Waals surface area contributed by atoms with Crippen molar-refractivity contribution in [3.05, 3.63) is 58.6 Å². The summed E-state index contributed by atoms with van der Waals surface area (Å²) in [6, 6.07) is 12.3. The number of nitrogens with zero attached hydrogens (tertiary/aromatic N) is 2. The van der Waals surface area contributed by atoms with Crippen LogP contribution in [0, 0.1) is 11.7 Å². The molecule has 19 heavy (non-hydrogen) atoms. The second-order valence-electron chi connectivity index (χ2n) is 4.67. The fourth-order valence-corrected chi connectivity index (χ4v) is 2.56. The molecule has 0 unspecified atom stereocenters. The Morgan fingerprint density at radius 1 is 1.26 bits per heavy atom. The van der Waals surface area contributed by atoms with Crippen molar-refractivity contribution in [1.82, 2.24) is 14.5 Å². The molecule has 0 atom stereocenters. The summed E-state index contributed by atoms with van der Waals surface area (Å²) in [5.41, 5.74) is 4.59. The Morgan fingerprint density at radius 2 is 2.16 bits per heavy atom. The maximum Gasteiger partial charge on any atom is 0.178 e. The summed E-state index contributed by atoms with van der Waals surface area (Å²) in [5, 5.41) is 0. The maximum absolute atomic E-state index is 5.40. The summed E-state index contributed by atoms with van der Waals surface area (Å²) in [5.74, 6) is 0. The number of imidazole rings is 1. The maximum atomic E-state index is 5.40. The lowest BCUT2D eigenvalue weighted by Gasteiger charge is -2.04. The molecule has 0 amide bonds. The van der Waals surface area contributed by atoms with Gasteiger partial charge in [-0.15, -0.1) is 0 Å². The largest absolute Gasteiger partial charge is 0.331 e. The highest BCUT2D eigenvalue weighted by atomic mass is 32.1. The van der Waals surface area contributed by atoms with Crippen LogP contribution < -0.4 is 0 Å². The van der Waals surface area contributed by atoms with Gasteiger partial charge in [0.2, 0.25) is 0 Å². The van der Waals surface area contributed by atoms with Crippen LogP contribution in [0.3, 0.4) is 0 Å². The molecule has 0 saturated heterocycles. The number of aryl methyl sites for hydroxylation is 3. The van der Waals surface area contributed by atoms with E-state index < -0.39 is 0 Å². The molecule has 0 spiro atoms. The van der Waals surface area contributed by atoms with E-state index in [1.54, 1.807) is 0 Å². The van der Waals surface area contributed by atoms with E-state index in [1.807, 2.05) is 24.4 Å². The molecule has 2 aromatic heterocycles. The van der Waals surface area contributed by atoms with E-state index in [0.717, 1.165) is 28.9 Å². The molecule has 0 fully saturated rings. The van der Waals surface area contributed by atoms with Gasteiger partial charge >= 0.3 is 0 Å². The van der Waals surface area contributed by atoms with Crippen LogP contribution in [0.15, 0.2) is 42.6 Å². The highest BCUT2D eigenvalue weighted by Gasteiger charge is 2.05. The van der Waals surface area contributed by atoms with E-state index in [4.69, 9.17) is 12.2 Å². The van der Waals surface area contributed by atoms with Crippen molar-refractivity contribution in [2.45, 2.75) is 19.9 Å². The smallest absolute Gasteiger partial charge is 0.178 e. The molecule has 0 radical (unpaired) electrons. The highest BCUT2D eigenvalue weighted by molar-refractivity contribution is 7.71. The second kappa shape index (κ2) is 4.97. The Hall–Kier alpha value is -1.94. The van der Waals surface area contributed by atoms with Crippen LogP contribution in [0.1, 0.15) is 11.3 Å². The van der Waals surface area contributed by atoms with Gasteiger partial charge in [-0.1, -0.05) is 12.1 Å². The summed E-state index contributed by atoms with van der Waals surface area (Å²) in [6.45, 7) is 2.94. The van der Waals surface area contributed by atoms with Crippen molar-refractivity contribution in [2.24, 2.45) is 0 Å². The monoisotopic (exact) mass is 269 g/mol. The summed E-state index contributed by atoms with van der Waals surface area (Å²) >= 11 is 5.40. The fraction of sp³-hybridized carbons (Fsp3) is 0.200. The normalized spacial score (nSPS) is 11.0. The number of H-pyrrole nitrogens is 1. The van der Waals surface area contributed by atoms with E-state index in [1.165, 1.54) is 11.1 Å². The zero-order valence-corrected chi connectivity index (χ0v) is 11.6. The third-order valence-electron chi connectivity index (χ3n) is 3.25. The van der Waals surface area contributed by atoms with Gasteiger partial charge in [0.25, 0.3) is 0 Å². The van der Waals surface area contributed by atoms with Crippen molar-refractivity contribution in [2.75, 3.05) is 0 Å². The number of benzene rings is 1. The van der Waals surface area contributed by atoms with E-state index in [-0.39, 0.29) is 0 Å². The molecule has 3 rings (SSSR count). The molecule has 2 heterocycles. The Kier molecular flexibility index (Phi) is 3.17. The quantitative estimate of drug-likeness (QED) is 0.736. The van der Waals surface area contributed by atoms with Crippen LogP contribution >= 0.6 is 12.2 Å². The van der Waals surface area contributed by atoms with Crippen LogP contribution in [0.4, 0.5) is 0 Å². The third kappa shape index (κ3) is 2.44. The number of nitrogens with one attached hydrogen (secondary N) is 1. The Morgan fingerprint density at radius 3 is 2.95 bits per heavy atom. The zero-order valence-electron chi connectivity index (χ0n) is 10.8. The summed E-state index contributed by atoms with van der Waals surface area (Å²) in [4.78, 5) is 7.60. The Labute approximate surface area is 116 Å². The van der Waals surface area contributed by atoms with Gasteiger partial charge in [-0.3, -0.25) is 4.98 Å². The Bertz CT molecular complexity index is 756. The van der Waals surface area contributed by atoms with Gasteiger partial charge in [0.15, 0.2) is 4.77 Å². The van der Waals surface area contributed by atoms with E-state index in [9.17, 15) is 0 Å². The molecule has 0 aliphatic rings. The van der Waals surface area contributed by atoms with Gasteiger partial charge in [0, 0.05) is 24.9 Å². The van der Waals surface area contributed by atoms with Crippen molar-refractivity contribution < 1.29 is 0 Å². The molecule has 1 aromatic carbocycles. The van der Waals surface area contributed by atoms with Crippen LogP contribution in [0.25, 0.3) is 11.0 Å². The van der Waals surface area contributed by atoms with Crippen molar-refractivity contribution in [1.29, 1.82) is 0 Å². The van der Waals surface area contributed by atoms with Crippen LogP contribution in [-0.2, 0) is 13.0 Å². The van der Waals surface area contributed by atoms with Gasteiger partial charge < -0.3 is 9.55 Å². The lowest BCUT2D eigenvalue weighted by atomic mass is 10.2. The molecule has 3 aromatic rings. The van der Waals surface area contributed by atoms with Gasteiger partial charge in [0.05, 0.1) is 11.0 Å². The standard InChI is InChI=1S/C15H15N3S/c1-11-5-6-13-14(10-11)18(15(19)17-13)9-7-12-4-2-3-8-16-12/h2-6,8,10H,7,9H2,1H3,(H,17,19). The van der Waals surface area contributed by atoms with Gasteiger partial charge in [0.1, 0.15) is 0 Å². The second-order valence-corrected chi connectivity index (χ2v) is 5.06. The number of aromatic nitrogens is 3. The first kappa shape index (κ1) is 12.1. The topological polar surface area (TPSA) is 33.6 Å². The molecule has 4 heteroatoms. The fourth-order valence-electron chi connectivity index (χ4n) is 2.26. The van der Waals surface area contributed by atoms with Gasteiger partial charge in [-0.2, -0.15) is 0 Å². The molecule has 0 aliphatic carbocycles. The summed E-state index contributed by atoms with van der Waals surface area (Å²) < 4.78 is 2.92. The minimum Gasteiger partial charge on any atom is -0.331 e. The number of hydrogen-bond donors (Lipinski definition) is 1. The average molecular weight is 269 g/mol. The SMILES string of the molecule is Cc1ccc2[nH]c(=S)n(CCc3ccccn3)c2c1. The third-order valence-corrected chi connectivity index (χ3v) is 3.57. The van der Waals surface area contributed by atoms with Crippen LogP contribution in [0.5, 0.6) is 0 Å². The zero-order chi connectivity index (χ0) is 13.2. The molecule has 96 valence electrons. The molecule has 0 aliphatic heterocycles. The molecular weight excluding hydrogens is 254 g/mol. The van der Waals surface area contributed by atoms with E-state index >= 15 is 0 Å². The number of aromatic amines is 1. The summed E-state index contributed by atoms with van der Waals surface area (Å²) in [6.07, 6.45) is 2.71. The predicted octanol–water partition coefficient (Wildman–Crippen LogP) is 3.65. The molecule has 1 N–H and O–H groups in total. The molecule has 3 nitrogen and oxygen atoms in total. The molecular formula is C15H15N3S. The van der Waals surface area contributed by atoms with Gasteiger partial charge in [-0.25, -0.2) is 0 Å². The number of rotatable bonds is 3. The lowest BCUT2D eigenvalue weighted by molar-refractivity contribution is 0.695. The highest BCUT2D eigenvalue weighted by Crippen LogP contribution is 2.16. The van der Waals surface area contributed by atoms with Crippen molar-refractivity contribution in [3.63, 3.8) is 0 Å². The summed E-state index contributed by atoms with van der Waals surface area (Å²) in [7, 11) is 0. The van der Waals surface area contributed by atoms with Crippen LogP contribution in [0.2, 0.25) is 0 Å². The minimum atomic E-state index is 0.775. The molecule has 0 saturated carbocycles. The van der Waals surface area contributed by atoms with E-state index in [2.05, 4.69) is 39.7 Å². The molecule has 0 bridgehead atoms.